The SMILES string of the molecule is CC(C)C1C(=O)NCCN1Cc1ccccc1OCCN1CCOCC1. The number of amides is 1. The maximum absolute atomic E-state index is 12.3. The molecule has 2 fully saturated rings. The lowest BCUT2D eigenvalue weighted by Gasteiger charge is -2.37. The molecule has 1 unspecified atom stereocenters. The molecule has 26 heavy (non-hydrogen) atoms. The Kier molecular flexibility index (Phi) is 6.88. The molecule has 1 atom stereocenters. The van der Waals surface area contributed by atoms with Gasteiger partial charge in [-0.15, -0.1) is 0 Å². The molecule has 2 aliphatic heterocycles. The first-order valence-electron chi connectivity index (χ1n) is 9.67. The van der Waals surface area contributed by atoms with Gasteiger partial charge in [0.05, 0.1) is 19.3 Å². The average molecular weight is 361 g/mol. The van der Waals surface area contributed by atoms with Crippen LogP contribution in [0.4, 0.5) is 0 Å². The maximum atomic E-state index is 12.3. The van der Waals surface area contributed by atoms with Crippen LogP contribution in [0.15, 0.2) is 24.3 Å². The molecule has 0 spiro atoms. The van der Waals surface area contributed by atoms with E-state index in [1.807, 2.05) is 18.2 Å². The minimum absolute atomic E-state index is 0.0786. The highest BCUT2D eigenvalue weighted by atomic mass is 16.5. The lowest BCUT2D eigenvalue weighted by Crippen LogP contribution is -2.56. The lowest BCUT2D eigenvalue weighted by molar-refractivity contribution is -0.131. The van der Waals surface area contributed by atoms with Crippen molar-refractivity contribution in [2.75, 3.05) is 52.5 Å². The topological polar surface area (TPSA) is 54.0 Å². The molecule has 0 bridgehead atoms. The summed E-state index contributed by atoms with van der Waals surface area (Å²) < 4.78 is 11.5. The second-order valence-corrected chi connectivity index (χ2v) is 7.36. The monoisotopic (exact) mass is 361 g/mol. The van der Waals surface area contributed by atoms with E-state index in [9.17, 15) is 4.79 Å². The third-order valence-electron chi connectivity index (χ3n) is 5.11. The number of nitrogens with one attached hydrogen (secondary N) is 1. The minimum atomic E-state index is -0.0786. The van der Waals surface area contributed by atoms with Gasteiger partial charge in [0.2, 0.25) is 5.91 Å². The van der Waals surface area contributed by atoms with Crippen molar-refractivity contribution in [2.24, 2.45) is 5.92 Å². The standard InChI is InChI=1S/C20H31N3O3/c1-16(2)19-20(24)21-7-8-23(19)15-17-5-3-4-6-18(17)26-14-11-22-9-12-25-13-10-22/h3-6,16,19H,7-15H2,1-2H3,(H,21,24). The Bertz CT molecular complexity index is 587. The third-order valence-corrected chi connectivity index (χ3v) is 5.11. The molecular formula is C20H31N3O3. The van der Waals surface area contributed by atoms with Crippen molar-refractivity contribution in [1.29, 1.82) is 0 Å². The Hall–Kier alpha value is -1.63. The highest BCUT2D eigenvalue weighted by molar-refractivity contribution is 5.82. The second-order valence-electron chi connectivity index (χ2n) is 7.36. The molecule has 6 heteroatoms. The lowest BCUT2D eigenvalue weighted by atomic mass is 9.99. The van der Waals surface area contributed by atoms with E-state index in [1.54, 1.807) is 0 Å². The van der Waals surface area contributed by atoms with E-state index in [0.717, 1.165) is 57.3 Å². The number of hydrogen-bond acceptors (Lipinski definition) is 5. The Morgan fingerprint density at radius 2 is 2.00 bits per heavy atom. The molecule has 6 nitrogen and oxygen atoms in total. The largest absolute Gasteiger partial charge is 0.492 e. The van der Waals surface area contributed by atoms with Gasteiger partial charge in [0.15, 0.2) is 0 Å². The van der Waals surface area contributed by atoms with Gasteiger partial charge < -0.3 is 14.8 Å². The highest BCUT2D eigenvalue weighted by Gasteiger charge is 2.32. The molecule has 1 amide bonds. The minimum Gasteiger partial charge on any atom is -0.492 e. The van der Waals surface area contributed by atoms with Gasteiger partial charge in [-0.1, -0.05) is 32.0 Å². The molecule has 0 saturated carbocycles. The smallest absolute Gasteiger partial charge is 0.237 e. The zero-order valence-corrected chi connectivity index (χ0v) is 15.9. The summed E-state index contributed by atoms with van der Waals surface area (Å²) in [4.78, 5) is 16.9. The fourth-order valence-corrected chi connectivity index (χ4v) is 3.74. The number of benzene rings is 1. The van der Waals surface area contributed by atoms with Gasteiger partial charge in [0.25, 0.3) is 0 Å². The Labute approximate surface area is 156 Å². The summed E-state index contributed by atoms with van der Waals surface area (Å²) in [6.45, 7) is 11.7. The number of para-hydroxylation sites is 1. The van der Waals surface area contributed by atoms with E-state index in [4.69, 9.17) is 9.47 Å². The summed E-state index contributed by atoms with van der Waals surface area (Å²) in [7, 11) is 0. The van der Waals surface area contributed by atoms with Crippen LogP contribution < -0.4 is 10.1 Å². The van der Waals surface area contributed by atoms with Crippen LogP contribution in [0.25, 0.3) is 0 Å². The van der Waals surface area contributed by atoms with Gasteiger partial charge in [0, 0.05) is 44.8 Å². The Morgan fingerprint density at radius 3 is 2.77 bits per heavy atom. The van der Waals surface area contributed by atoms with Crippen LogP contribution in [0.1, 0.15) is 19.4 Å². The van der Waals surface area contributed by atoms with Gasteiger partial charge >= 0.3 is 0 Å². The Morgan fingerprint density at radius 1 is 1.23 bits per heavy atom. The summed E-state index contributed by atoms with van der Waals surface area (Å²) in [5.74, 6) is 1.34. The van der Waals surface area contributed by atoms with Crippen LogP contribution >= 0.6 is 0 Å². The predicted molar refractivity (Wildman–Crippen MR) is 101 cm³/mol. The summed E-state index contributed by atoms with van der Waals surface area (Å²) in [5.41, 5.74) is 1.15. The van der Waals surface area contributed by atoms with Crippen molar-refractivity contribution in [3.8, 4) is 5.75 Å². The number of ether oxygens (including phenoxy) is 2. The van der Waals surface area contributed by atoms with Crippen molar-refractivity contribution in [1.82, 2.24) is 15.1 Å². The van der Waals surface area contributed by atoms with E-state index in [-0.39, 0.29) is 17.9 Å². The summed E-state index contributed by atoms with van der Waals surface area (Å²) >= 11 is 0. The molecular weight excluding hydrogens is 330 g/mol. The Balaban J connectivity index is 1.60. The first-order chi connectivity index (χ1) is 12.6. The third kappa shape index (κ3) is 4.96. The van der Waals surface area contributed by atoms with E-state index in [1.165, 1.54) is 0 Å². The van der Waals surface area contributed by atoms with E-state index < -0.39 is 0 Å². The number of carbonyl (C=O) groups excluding carboxylic acids is 1. The molecule has 2 saturated heterocycles. The number of piperazine rings is 1. The summed E-state index contributed by atoms with van der Waals surface area (Å²) in [6, 6.07) is 8.11. The van der Waals surface area contributed by atoms with Gasteiger partial charge in [0.1, 0.15) is 12.4 Å². The first-order valence-corrected chi connectivity index (χ1v) is 9.67. The molecule has 1 N–H and O–H groups in total. The van der Waals surface area contributed by atoms with E-state index in [2.05, 4.69) is 35.0 Å². The number of nitrogens with zero attached hydrogens (tertiary/aromatic N) is 2. The quantitative estimate of drug-likeness (QED) is 0.795. The van der Waals surface area contributed by atoms with Crippen LogP contribution in [-0.2, 0) is 16.1 Å². The van der Waals surface area contributed by atoms with Crippen molar-refractivity contribution in [3.05, 3.63) is 29.8 Å². The molecule has 1 aromatic rings. The highest BCUT2D eigenvalue weighted by Crippen LogP contribution is 2.23. The van der Waals surface area contributed by atoms with Crippen molar-refractivity contribution < 1.29 is 14.3 Å². The fraction of sp³-hybridized carbons (Fsp3) is 0.650. The zero-order chi connectivity index (χ0) is 18.4. The predicted octanol–water partition coefficient (Wildman–Crippen LogP) is 1.35. The van der Waals surface area contributed by atoms with E-state index >= 15 is 0 Å². The molecule has 3 rings (SSSR count). The number of morpholine rings is 1. The summed E-state index contributed by atoms with van der Waals surface area (Å²) in [6.07, 6.45) is 0. The molecule has 0 aliphatic carbocycles. The maximum Gasteiger partial charge on any atom is 0.237 e. The number of hydrogen-bond donors (Lipinski definition) is 1. The van der Waals surface area contributed by atoms with Crippen LogP contribution in [0.5, 0.6) is 5.75 Å². The zero-order valence-electron chi connectivity index (χ0n) is 15.9. The van der Waals surface area contributed by atoms with Gasteiger partial charge in [-0.05, 0) is 12.0 Å². The second kappa shape index (κ2) is 9.35. The fourth-order valence-electron chi connectivity index (χ4n) is 3.74. The number of rotatable bonds is 7. The van der Waals surface area contributed by atoms with Crippen LogP contribution in [0.3, 0.4) is 0 Å². The van der Waals surface area contributed by atoms with Gasteiger partial charge in [-0.2, -0.15) is 0 Å². The van der Waals surface area contributed by atoms with Crippen molar-refractivity contribution in [2.45, 2.75) is 26.4 Å². The van der Waals surface area contributed by atoms with Crippen molar-refractivity contribution >= 4 is 5.91 Å². The van der Waals surface area contributed by atoms with Crippen molar-refractivity contribution in [3.63, 3.8) is 0 Å². The van der Waals surface area contributed by atoms with Gasteiger partial charge in [-0.25, -0.2) is 0 Å². The molecule has 1 aromatic carbocycles. The number of carbonyl (C=O) groups is 1. The molecule has 2 heterocycles. The van der Waals surface area contributed by atoms with Gasteiger partial charge in [-0.3, -0.25) is 14.6 Å². The first kappa shape index (κ1) is 19.1. The molecule has 0 radical (unpaired) electrons. The molecule has 2 aliphatic rings. The normalized spacial score (nSPS) is 22.4. The van der Waals surface area contributed by atoms with Crippen LogP contribution in [-0.4, -0.2) is 74.3 Å². The summed E-state index contributed by atoms with van der Waals surface area (Å²) in [5, 5.41) is 2.99. The van der Waals surface area contributed by atoms with Crippen LogP contribution in [0, 0.1) is 5.92 Å². The molecule has 144 valence electrons. The van der Waals surface area contributed by atoms with Crippen LogP contribution in [0.2, 0.25) is 0 Å². The average Bonchev–Trinajstić information content (AvgIpc) is 2.64. The van der Waals surface area contributed by atoms with E-state index in [0.29, 0.717) is 13.2 Å². The molecule has 0 aromatic heterocycles.